The van der Waals surface area contributed by atoms with Crippen molar-refractivity contribution in [3.8, 4) is 0 Å². The second-order valence-electron chi connectivity index (χ2n) is 12.1. The van der Waals surface area contributed by atoms with Gasteiger partial charge in [0.25, 0.3) is 5.91 Å². The lowest BCUT2D eigenvalue weighted by molar-refractivity contribution is -0.178. The van der Waals surface area contributed by atoms with Crippen LogP contribution in [0.1, 0.15) is 78.6 Å². The number of hydrogen-bond donors (Lipinski definition) is 2. The number of carboxylic acids is 1. The number of carbonyl (C=O) groups is 3. The van der Waals surface area contributed by atoms with Crippen LogP contribution in [-0.4, -0.2) is 34.0 Å². The van der Waals surface area contributed by atoms with Gasteiger partial charge in [0.1, 0.15) is 5.82 Å². The summed E-state index contributed by atoms with van der Waals surface area (Å²) < 4.78 is 56.0. The summed E-state index contributed by atoms with van der Waals surface area (Å²) in [6.45, 7) is 6.84. The fourth-order valence-electron chi connectivity index (χ4n) is 5.54. The Morgan fingerprint density at radius 3 is 2.21 bits per heavy atom. The van der Waals surface area contributed by atoms with Crippen molar-refractivity contribution in [3.63, 3.8) is 0 Å². The Kier molecular flexibility index (Phi) is 8.99. The maximum atomic E-state index is 14.2. The van der Waals surface area contributed by atoms with Crippen LogP contribution < -0.4 is 5.32 Å². The fourth-order valence-corrected chi connectivity index (χ4v) is 5.54. The molecule has 3 aromatic rings. The third-order valence-corrected chi connectivity index (χ3v) is 7.98. The smallest absolute Gasteiger partial charge is 0.392 e. The minimum atomic E-state index is -4.67. The number of rotatable bonds is 9. The van der Waals surface area contributed by atoms with Crippen LogP contribution in [0.5, 0.6) is 0 Å². The van der Waals surface area contributed by atoms with Crippen molar-refractivity contribution < 1.29 is 37.1 Å². The number of halogens is 4. The fraction of sp³-hybridized carbons (Fsp3) is 0.364. The molecule has 3 atom stereocenters. The van der Waals surface area contributed by atoms with Gasteiger partial charge in [-0.15, -0.1) is 0 Å². The number of alkyl halides is 3. The molecule has 2 amide bonds. The van der Waals surface area contributed by atoms with Crippen molar-refractivity contribution in [2.45, 2.75) is 65.2 Å². The molecule has 1 aliphatic heterocycles. The average molecular weight is 599 g/mol. The van der Waals surface area contributed by atoms with Gasteiger partial charge < -0.3 is 15.3 Å². The molecule has 0 radical (unpaired) electrons. The quantitative estimate of drug-likeness (QED) is 0.250. The molecule has 2 N–H and O–H groups in total. The van der Waals surface area contributed by atoms with Crippen molar-refractivity contribution in [1.29, 1.82) is 0 Å². The Hall–Kier alpha value is -4.21. The van der Waals surface area contributed by atoms with E-state index in [9.17, 15) is 37.1 Å². The van der Waals surface area contributed by atoms with Crippen molar-refractivity contribution in [2.24, 2.45) is 11.3 Å². The van der Waals surface area contributed by atoms with Crippen LogP contribution in [0.3, 0.4) is 0 Å². The third-order valence-electron chi connectivity index (χ3n) is 7.98. The summed E-state index contributed by atoms with van der Waals surface area (Å²) in [7, 11) is 0. The van der Waals surface area contributed by atoms with E-state index in [0.29, 0.717) is 16.7 Å². The standard InChI is InChI=1S/C33H34F4N2O4/c1-19(33(35,36)37)29(30(42)38-23-8-5-7-22(15-23)26(16-28(40)41)32(2,3)4)21-13-11-20(12-14-21)17-39-18-25-24(31(39)43)9-6-10-27(25)34/h5-15,19,26,29H,16-18H2,1-4H3,(H,38,42)(H,40,41). The van der Waals surface area contributed by atoms with Gasteiger partial charge in [0.2, 0.25) is 5.91 Å². The molecule has 1 heterocycles. The first-order valence-electron chi connectivity index (χ1n) is 13.9. The molecule has 6 nitrogen and oxygen atoms in total. The number of aliphatic carboxylic acids is 1. The lowest BCUT2D eigenvalue weighted by Crippen LogP contribution is -2.34. The van der Waals surface area contributed by atoms with Gasteiger partial charge in [0.05, 0.1) is 24.8 Å². The summed E-state index contributed by atoms with van der Waals surface area (Å²) in [6.07, 6.45) is -4.82. The van der Waals surface area contributed by atoms with Crippen LogP contribution in [0.15, 0.2) is 66.7 Å². The van der Waals surface area contributed by atoms with E-state index in [0.717, 1.165) is 6.92 Å². The van der Waals surface area contributed by atoms with Crippen LogP contribution in [0.2, 0.25) is 0 Å². The predicted molar refractivity (Wildman–Crippen MR) is 154 cm³/mol. The summed E-state index contributed by atoms with van der Waals surface area (Å²) in [5, 5.41) is 12.0. The molecule has 0 saturated heterocycles. The van der Waals surface area contributed by atoms with Gasteiger partial charge in [-0.2, -0.15) is 13.2 Å². The van der Waals surface area contributed by atoms with Gasteiger partial charge in [0, 0.05) is 23.4 Å². The van der Waals surface area contributed by atoms with E-state index in [1.165, 1.54) is 29.2 Å². The summed E-state index contributed by atoms with van der Waals surface area (Å²) in [6, 6.07) is 16.8. The van der Waals surface area contributed by atoms with E-state index >= 15 is 0 Å². The highest BCUT2D eigenvalue weighted by molar-refractivity contribution is 5.98. The largest absolute Gasteiger partial charge is 0.481 e. The Bertz CT molecular complexity index is 1510. The lowest BCUT2D eigenvalue weighted by Gasteiger charge is -2.30. The number of amides is 2. The van der Waals surface area contributed by atoms with Crippen molar-refractivity contribution >= 4 is 23.5 Å². The van der Waals surface area contributed by atoms with Gasteiger partial charge in [-0.3, -0.25) is 14.4 Å². The van der Waals surface area contributed by atoms with E-state index in [4.69, 9.17) is 0 Å². The molecule has 3 unspecified atom stereocenters. The van der Waals surface area contributed by atoms with Crippen molar-refractivity contribution in [3.05, 3.63) is 100 Å². The minimum Gasteiger partial charge on any atom is -0.481 e. The highest BCUT2D eigenvalue weighted by atomic mass is 19.4. The van der Waals surface area contributed by atoms with Crippen LogP contribution in [-0.2, 0) is 22.7 Å². The van der Waals surface area contributed by atoms with Crippen molar-refractivity contribution in [2.75, 3.05) is 5.32 Å². The summed E-state index contributed by atoms with van der Waals surface area (Å²) >= 11 is 0. The predicted octanol–water partition coefficient (Wildman–Crippen LogP) is 7.51. The first-order valence-corrected chi connectivity index (χ1v) is 13.9. The number of nitrogens with zero attached hydrogens (tertiary/aromatic N) is 1. The number of fused-ring (bicyclic) bond motifs is 1. The minimum absolute atomic E-state index is 0.0837. The molecule has 4 rings (SSSR count). The third kappa shape index (κ3) is 7.24. The molecule has 0 bridgehead atoms. The molecule has 0 aromatic heterocycles. The van der Waals surface area contributed by atoms with Gasteiger partial charge >= 0.3 is 12.1 Å². The summed E-state index contributed by atoms with van der Waals surface area (Å²) in [4.78, 5) is 39.1. The zero-order chi connectivity index (χ0) is 31.7. The van der Waals surface area contributed by atoms with Crippen LogP contribution in [0, 0.1) is 17.2 Å². The summed E-state index contributed by atoms with van der Waals surface area (Å²) in [5.74, 6) is -6.65. The highest BCUT2D eigenvalue weighted by Crippen LogP contribution is 2.40. The number of nitrogens with one attached hydrogen (secondary N) is 1. The second kappa shape index (κ2) is 12.2. The van der Waals surface area contributed by atoms with E-state index in [-0.39, 0.29) is 42.2 Å². The number of carbonyl (C=O) groups excluding carboxylic acids is 2. The number of benzene rings is 3. The van der Waals surface area contributed by atoms with Crippen LogP contribution in [0.4, 0.5) is 23.2 Å². The van der Waals surface area contributed by atoms with Gasteiger partial charge in [-0.1, -0.05) is 70.2 Å². The lowest BCUT2D eigenvalue weighted by atomic mass is 9.74. The van der Waals surface area contributed by atoms with Crippen molar-refractivity contribution in [1.82, 2.24) is 4.90 Å². The Morgan fingerprint density at radius 1 is 0.977 bits per heavy atom. The van der Waals surface area contributed by atoms with Crippen LogP contribution >= 0.6 is 0 Å². The maximum absolute atomic E-state index is 14.2. The number of anilines is 1. The Balaban J connectivity index is 1.56. The van der Waals surface area contributed by atoms with E-state index < -0.39 is 47.0 Å². The zero-order valence-electron chi connectivity index (χ0n) is 24.3. The first-order chi connectivity index (χ1) is 20.1. The maximum Gasteiger partial charge on any atom is 0.392 e. The molecule has 10 heteroatoms. The van der Waals surface area contributed by atoms with E-state index in [2.05, 4.69) is 5.32 Å². The molecule has 0 fully saturated rings. The molecule has 228 valence electrons. The van der Waals surface area contributed by atoms with Crippen LogP contribution in [0.25, 0.3) is 0 Å². The highest BCUT2D eigenvalue weighted by Gasteiger charge is 2.45. The SMILES string of the molecule is CC(C(C(=O)Nc1cccc(C(CC(=O)O)C(C)(C)C)c1)c1ccc(CN2Cc3c(F)cccc3C2=O)cc1)C(F)(F)F. The average Bonchev–Trinajstić information content (AvgIpc) is 3.23. The molecular formula is C33H34F4N2O4. The molecule has 43 heavy (non-hydrogen) atoms. The normalized spacial score (nSPS) is 15.5. The monoisotopic (exact) mass is 598 g/mol. The van der Waals surface area contributed by atoms with Gasteiger partial charge in [-0.05, 0) is 52.3 Å². The van der Waals surface area contributed by atoms with Gasteiger partial charge in [-0.25, -0.2) is 4.39 Å². The molecule has 0 aliphatic carbocycles. The number of carboxylic acid groups (broad SMARTS) is 1. The summed E-state index contributed by atoms with van der Waals surface area (Å²) in [5.41, 5.74) is 1.83. The molecule has 0 spiro atoms. The van der Waals surface area contributed by atoms with E-state index in [1.54, 1.807) is 42.5 Å². The van der Waals surface area contributed by atoms with Gasteiger partial charge in [0.15, 0.2) is 0 Å². The molecule has 1 aliphatic rings. The molecular weight excluding hydrogens is 564 g/mol. The number of hydrogen-bond acceptors (Lipinski definition) is 3. The first kappa shape index (κ1) is 31.7. The second-order valence-corrected chi connectivity index (χ2v) is 12.1. The molecule has 0 saturated carbocycles. The Labute approximate surface area is 247 Å². The zero-order valence-corrected chi connectivity index (χ0v) is 24.3. The Morgan fingerprint density at radius 2 is 1.63 bits per heavy atom. The molecule has 3 aromatic carbocycles. The van der Waals surface area contributed by atoms with E-state index in [1.807, 2.05) is 20.8 Å². The topological polar surface area (TPSA) is 86.7 Å².